The van der Waals surface area contributed by atoms with Crippen molar-refractivity contribution in [3.63, 3.8) is 0 Å². The summed E-state index contributed by atoms with van der Waals surface area (Å²) in [5.41, 5.74) is 4.60. The number of carbonyl (C=O) groups is 1. The van der Waals surface area contributed by atoms with Crippen LogP contribution in [0.2, 0.25) is 0 Å². The van der Waals surface area contributed by atoms with Gasteiger partial charge in [0.05, 0.1) is 53.5 Å². The van der Waals surface area contributed by atoms with Gasteiger partial charge in [-0.1, -0.05) is 11.3 Å². The Morgan fingerprint density at radius 3 is 2.92 bits per heavy atom. The molecule has 4 aromatic heterocycles. The summed E-state index contributed by atoms with van der Waals surface area (Å²) in [5, 5.41) is 30.2. The maximum atomic E-state index is 12.3. The van der Waals surface area contributed by atoms with Gasteiger partial charge in [0.1, 0.15) is 12.1 Å². The van der Waals surface area contributed by atoms with E-state index in [1.807, 2.05) is 23.1 Å². The molecule has 0 bridgehead atoms. The Hall–Kier alpha value is -4.08. The quantitative estimate of drug-likeness (QED) is 0.408. The van der Waals surface area contributed by atoms with Gasteiger partial charge >= 0.3 is 0 Å². The predicted molar refractivity (Wildman–Crippen MR) is 135 cm³/mol. The van der Waals surface area contributed by atoms with E-state index in [4.69, 9.17) is 9.72 Å². The summed E-state index contributed by atoms with van der Waals surface area (Å²) in [6.45, 7) is 2.04. The van der Waals surface area contributed by atoms with E-state index in [1.165, 1.54) is 11.3 Å². The average molecular weight is 502 g/mol. The predicted octanol–water partition coefficient (Wildman–Crippen LogP) is 2.31. The number of carbonyl (C=O) groups excluding carboxylic acids is 1. The van der Waals surface area contributed by atoms with Gasteiger partial charge in [0.2, 0.25) is 11.0 Å². The van der Waals surface area contributed by atoms with Crippen LogP contribution in [0.3, 0.4) is 0 Å². The van der Waals surface area contributed by atoms with Crippen molar-refractivity contribution in [2.75, 3.05) is 37.0 Å². The minimum absolute atomic E-state index is 0.00228. The molecule has 2 fully saturated rings. The first-order chi connectivity index (χ1) is 17.6. The molecule has 12 heteroatoms. The molecule has 0 spiro atoms. The van der Waals surface area contributed by atoms with Gasteiger partial charge in [0.25, 0.3) is 0 Å². The van der Waals surface area contributed by atoms with Crippen LogP contribution in [0.5, 0.6) is 0 Å². The standard InChI is InChI=1S/C24H23N9O2S/c1-26-22(34)21-3-2-6-32(21)24-31-30-23(36-24)17-11-27-19(8-18(17)29-15-12-35-13-15)20-5-4-16-7-14(9-25)10-28-33(16)20/h4-5,7-8,10-11,15,21H,2-3,6,12-13H2,1H3,(H,26,34)(H,27,29)/t21-/m0/s1. The average Bonchev–Trinajstić information content (AvgIpc) is 3.64. The Bertz CT molecular complexity index is 1490. The summed E-state index contributed by atoms with van der Waals surface area (Å²) in [6, 6.07) is 9.73. The van der Waals surface area contributed by atoms with Crippen molar-refractivity contribution in [2.24, 2.45) is 0 Å². The number of nitriles is 1. The van der Waals surface area contributed by atoms with Crippen molar-refractivity contribution in [3.8, 4) is 28.0 Å². The third kappa shape index (κ3) is 3.92. The number of anilines is 2. The van der Waals surface area contributed by atoms with Gasteiger partial charge in [-0.25, -0.2) is 4.52 Å². The van der Waals surface area contributed by atoms with Crippen molar-refractivity contribution in [2.45, 2.75) is 24.9 Å². The number of fused-ring (bicyclic) bond motifs is 1. The Morgan fingerprint density at radius 2 is 2.14 bits per heavy atom. The molecule has 6 heterocycles. The number of amides is 1. The van der Waals surface area contributed by atoms with E-state index in [1.54, 1.807) is 30.0 Å². The third-order valence-corrected chi connectivity index (χ3v) is 7.48. The second-order valence-electron chi connectivity index (χ2n) is 8.76. The molecule has 2 N–H and O–H groups in total. The third-order valence-electron chi connectivity index (χ3n) is 6.49. The molecule has 0 saturated carbocycles. The number of ether oxygens (including phenoxy) is 1. The van der Waals surface area contributed by atoms with Gasteiger partial charge in [-0.15, -0.1) is 10.2 Å². The highest BCUT2D eigenvalue weighted by Crippen LogP contribution is 2.37. The maximum absolute atomic E-state index is 12.3. The summed E-state index contributed by atoms with van der Waals surface area (Å²) in [6.07, 6.45) is 5.08. The van der Waals surface area contributed by atoms with Crippen molar-refractivity contribution < 1.29 is 9.53 Å². The topological polar surface area (TPSA) is 133 Å². The van der Waals surface area contributed by atoms with Gasteiger partial charge in [-0.2, -0.15) is 10.4 Å². The molecular weight excluding hydrogens is 478 g/mol. The van der Waals surface area contributed by atoms with Crippen LogP contribution in [0.4, 0.5) is 10.8 Å². The SMILES string of the molecule is CNC(=O)[C@@H]1CCCN1c1nnc(-c2cnc(-c3ccc4cc(C#N)cnn34)cc2NC2COC2)s1. The molecule has 2 saturated heterocycles. The van der Waals surface area contributed by atoms with E-state index in [9.17, 15) is 10.1 Å². The molecule has 4 aromatic rings. The molecule has 0 aliphatic carbocycles. The zero-order chi connectivity index (χ0) is 24.6. The van der Waals surface area contributed by atoms with Crippen molar-refractivity contribution in [1.29, 1.82) is 5.26 Å². The summed E-state index contributed by atoms with van der Waals surface area (Å²) >= 11 is 1.46. The summed E-state index contributed by atoms with van der Waals surface area (Å²) in [5.74, 6) is -0.00228. The minimum Gasteiger partial charge on any atom is -0.377 e. The largest absolute Gasteiger partial charge is 0.377 e. The Labute approximate surface area is 210 Å². The maximum Gasteiger partial charge on any atom is 0.242 e. The van der Waals surface area contributed by atoms with Gasteiger partial charge in [0, 0.05) is 25.5 Å². The molecule has 2 aliphatic heterocycles. The fraction of sp³-hybridized carbons (Fsp3) is 0.333. The van der Waals surface area contributed by atoms with Crippen LogP contribution in [0, 0.1) is 11.3 Å². The lowest BCUT2D eigenvalue weighted by Gasteiger charge is -2.28. The van der Waals surface area contributed by atoms with Gasteiger partial charge in [-0.3, -0.25) is 9.78 Å². The van der Waals surface area contributed by atoms with Crippen LogP contribution in [0.1, 0.15) is 18.4 Å². The molecule has 0 aromatic carbocycles. The second-order valence-corrected chi connectivity index (χ2v) is 9.72. The molecule has 0 radical (unpaired) electrons. The monoisotopic (exact) mass is 501 g/mol. The van der Waals surface area contributed by atoms with E-state index >= 15 is 0 Å². The molecule has 36 heavy (non-hydrogen) atoms. The molecule has 2 aliphatic rings. The lowest BCUT2D eigenvalue weighted by atomic mass is 10.1. The van der Waals surface area contributed by atoms with E-state index in [2.05, 4.69) is 32.0 Å². The first kappa shape index (κ1) is 22.4. The molecule has 1 atom stereocenters. The van der Waals surface area contributed by atoms with Gasteiger partial charge in [0.15, 0.2) is 5.01 Å². The number of hydrogen-bond acceptors (Lipinski definition) is 10. The van der Waals surface area contributed by atoms with Crippen LogP contribution < -0.4 is 15.5 Å². The van der Waals surface area contributed by atoms with Crippen LogP contribution >= 0.6 is 11.3 Å². The van der Waals surface area contributed by atoms with Crippen molar-refractivity contribution in [3.05, 3.63) is 42.2 Å². The first-order valence-corrected chi connectivity index (χ1v) is 12.5. The number of likely N-dealkylation sites (N-methyl/N-ethyl adjacent to an activating group) is 1. The van der Waals surface area contributed by atoms with E-state index in [0.717, 1.165) is 57.7 Å². The van der Waals surface area contributed by atoms with Crippen molar-refractivity contribution in [1.82, 2.24) is 30.1 Å². The molecular formula is C24H23N9O2S. The molecule has 0 unspecified atom stereocenters. The van der Waals surface area contributed by atoms with Crippen LogP contribution in [0.25, 0.3) is 27.5 Å². The molecule has 1 amide bonds. The number of hydrogen-bond donors (Lipinski definition) is 2. The fourth-order valence-corrected chi connectivity index (χ4v) is 5.50. The minimum atomic E-state index is -0.224. The highest BCUT2D eigenvalue weighted by molar-refractivity contribution is 7.18. The van der Waals surface area contributed by atoms with Gasteiger partial charge < -0.3 is 20.3 Å². The lowest BCUT2D eigenvalue weighted by Crippen LogP contribution is -2.41. The molecule has 6 rings (SSSR count). The Balaban J connectivity index is 1.36. The number of aromatic nitrogens is 5. The molecule has 11 nitrogen and oxygen atoms in total. The van der Waals surface area contributed by atoms with E-state index in [-0.39, 0.29) is 18.0 Å². The fourth-order valence-electron chi connectivity index (χ4n) is 4.55. The smallest absolute Gasteiger partial charge is 0.242 e. The highest BCUT2D eigenvalue weighted by Gasteiger charge is 2.33. The number of pyridine rings is 1. The zero-order valence-corrected chi connectivity index (χ0v) is 20.3. The highest BCUT2D eigenvalue weighted by atomic mass is 32.1. The normalized spacial score (nSPS) is 17.7. The van der Waals surface area contributed by atoms with Gasteiger partial charge in [-0.05, 0) is 37.1 Å². The van der Waals surface area contributed by atoms with Crippen molar-refractivity contribution >= 4 is 33.6 Å². The van der Waals surface area contributed by atoms with E-state index < -0.39 is 0 Å². The second kappa shape index (κ2) is 9.18. The zero-order valence-electron chi connectivity index (χ0n) is 19.5. The lowest BCUT2D eigenvalue weighted by molar-refractivity contribution is -0.121. The number of nitrogens with one attached hydrogen (secondary N) is 2. The Kier molecular flexibility index (Phi) is 5.71. The van der Waals surface area contributed by atoms with E-state index in [0.29, 0.717) is 18.8 Å². The summed E-state index contributed by atoms with van der Waals surface area (Å²) < 4.78 is 7.13. The summed E-state index contributed by atoms with van der Waals surface area (Å²) in [4.78, 5) is 19.1. The Morgan fingerprint density at radius 1 is 1.25 bits per heavy atom. The van der Waals surface area contributed by atoms with Crippen LogP contribution in [-0.2, 0) is 9.53 Å². The number of rotatable bonds is 6. The number of nitrogens with zero attached hydrogens (tertiary/aromatic N) is 7. The first-order valence-electron chi connectivity index (χ1n) is 11.7. The molecule has 182 valence electrons. The van der Waals surface area contributed by atoms with Crippen LogP contribution in [0.15, 0.2) is 36.7 Å². The summed E-state index contributed by atoms with van der Waals surface area (Å²) in [7, 11) is 1.66. The van der Waals surface area contributed by atoms with Crippen LogP contribution in [-0.4, -0.2) is 69.6 Å².